The lowest BCUT2D eigenvalue weighted by Crippen LogP contribution is -2.32. The van der Waals surface area contributed by atoms with Gasteiger partial charge in [-0.1, -0.05) is 37.0 Å². The Balaban J connectivity index is 2.59. The molecule has 154 valence electrons. The van der Waals surface area contributed by atoms with Crippen molar-refractivity contribution in [3.8, 4) is 17.6 Å². The topological polar surface area (TPSA) is 124 Å². The predicted octanol–water partition coefficient (Wildman–Crippen LogP) is 1.18. The molecule has 0 amide bonds. The zero-order chi connectivity index (χ0) is 21.6. The summed E-state index contributed by atoms with van der Waals surface area (Å²) in [7, 11) is 0. The Morgan fingerprint density at radius 2 is 1.90 bits per heavy atom. The van der Waals surface area contributed by atoms with Crippen LogP contribution in [-0.2, 0) is 9.53 Å². The minimum atomic E-state index is -1.60. The second-order valence-corrected chi connectivity index (χ2v) is 6.76. The highest BCUT2D eigenvalue weighted by Crippen LogP contribution is 2.28. The Bertz CT molecular complexity index is 888. The van der Waals surface area contributed by atoms with Gasteiger partial charge in [0.1, 0.15) is 30.1 Å². The number of aromatic hydroxyl groups is 1. The van der Waals surface area contributed by atoms with Crippen LogP contribution in [-0.4, -0.2) is 57.1 Å². The maximum Gasteiger partial charge on any atom is 0.342 e. The fraction of sp³-hybridized carbons (Fsp3) is 0.364. The SMILES string of the molecule is C[C@@H]1/C=C\C(=O)[C@@H](O)[C@@H](O)C/C=C/c2c(C#CCO)ccc(O)c2C(=O)O[C@H]1C. The van der Waals surface area contributed by atoms with Crippen LogP contribution in [0.2, 0.25) is 0 Å². The summed E-state index contributed by atoms with van der Waals surface area (Å²) in [5.74, 6) is 3.10. The van der Waals surface area contributed by atoms with Gasteiger partial charge < -0.3 is 25.2 Å². The van der Waals surface area contributed by atoms with E-state index in [4.69, 9.17) is 9.84 Å². The number of esters is 1. The first-order valence-electron chi connectivity index (χ1n) is 9.17. The summed E-state index contributed by atoms with van der Waals surface area (Å²) in [6.45, 7) is 2.97. The predicted molar refractivity (Wildman–Crippen MR) is 106 cm³/mol. The van der Waals surface area contributed by atoms with E-state index < -0.39 is 36.7 Å². The normalized spacial score (nSPS) is 27.6. The molecule has 2 rings (SSSR count). The van der Waals surface area contributed by atoms with Gasteiger partial charge in [0.15, 0.2) is 5.78 Å². The maximum atomic E-state index is 12.8. The molecular weight excluding hydrogens is 376 g/mol. The number of fused-ring (bicyclic) bond motifs is 1. The highest BCUT2D eigenvalue weighted by atomic mass is 16.5. The number of rotatable bonds is 0. The van der Waals surface area contributed by atoms with Gasteiger partial charge in [0, 0.05) is 17.0 Å². The Kier molecular flexibility index (Phi) is 7.74. The summed E-state index contributed by atoms with van der Waals surface area (Å²) in [6.07, 6.45) is 1.89. The quantitative estimate of drug-likeness (QED) is 0.381. The van der Waals surface area contributed by atoms with Crippen molar-refractivity contribution in [1.29, 1.82) is 0 Å². The fourth-order valence-electron chi connectivity index (χ4n) is 2.72. The van der Waals surface area contributed by atoms with Gasteiger partial charge in [-0.2, -0.15) is 0 Å². The van der Waals surface area contributed by atoms with Crippen LogP contribution >= 0.6 is 0 Å². The summed E-state index contributed by atoms with van der Waals surface area (Å²) in [5.41, 5.74) is 0.507. The summed E-state index contributed by atoms with van der Waals surface area (Å²) in [4.78, 5) is 24.8. The molecule has 0 unspecified atom stereocenters. The van der Waals surface area contributed by atoms with Crippen LogP contribution < -0.4 is 0 Å². The average Bonchev–Trinajstić information content (AvgIpc) is 2.69. The van der Waals surface area contributed by atoms with Crippen LogP contribution in [0.4, 0.5) is 0 Å². The lowest BCUT2D eigenvalue weighted by Gasteiger charge is -2.20. The van der Waals surface area contributed by atoms with Crippen molar-refractivity contribution < 1.29 is 34.8 Å². The highest BCUT2D eigenvalue weighted by molar-refractivity contribution is 5.98. The monoisotopic (exact) mass is 400 g/mol. The molecule has 0 radical (unpaired) electrons. The number of hydrogen-bond donors (Lipinski definition) is 4. The van der Waals surface area contributed by atoms with Crippen LogP contribution in [0.1, 0.15) is 41.8 Å². The van der Waals surface area contributed by atoms with E-state index in [1.807, 2.05) is 0 Å². The summed E-state index contributed by atoms with van der Waals surface area (Å²) < 4.78 is 5.45. The lowest BCUT2D eigenvalue weighted by molar-refractivity contribution is -0.127. The molecule has 7 nitrogen and oxygen atoms in total. The van der Waals surface area contributed by atoms with Gasteiger partial charge in [0.25, 0.3) is 0 Å². The second kappa shape index (κ2) is 10.0. The zero-order valence-electron chi connectivity index (χ0n) is 16.2. The van der Waals surface area contributed by atoms with Crippen LogP contribution in [0.5, 0.6) is 5.75 Å². The third-order valence-electron chi connectivity index (χ3n) is 4.65. The minimum absolute atomic E-state index is 0.0796. The first-order valence-corrected chi connectivity index (χ1v) is 9.17. The lowest BCUT2D eigenvalue weighted by atomic mass is 9.97. The van der Waals surface area contributed by atoms with E-state index in [9.17, 15) is 24.9 Å². The van der Waals surface area contributed by atoms with Gasteiger partial charge in [0.2, 0.25) is 0 Å². The van der Waals surface area contributed by atoms with Crippen molar-refractivity contribution in [2.24, 2.45) is 5.92 Å². The minimum Gasteiger partial charge on any atom is -0.507 e. The number of aliphatic hydroxyl groups is 3. The number of aliphatic hydroxyl groups excluding tert-OH is 3. The van der Waals surface area contributed by atoms with E-state index in [1.54, 1.807) is 13.8 Å². The first-order chi connectivity index (χ1) is 13.8. The van der Waals surface area contributed by atoms with Gasteiger partial charge in [-0.15, -0.1) is 0 Å². The number of phenols is 1. The van der Waals surface area contributed by atoms with E-state index in [0.29, 0.717) is 5.56 Å². The second-order valence-electron chi connectivity index (χ2n) is 6.76. The number of benzene rings is 1. The van der Waals surface area contributed by atoms with Crippen molar-refractivity contribution in [3.05, 3.63) is 47.1 Å². The zero-order valence-corrected chi connectivity index (χ0v) is 16.2. The number of carbonyl (C=O) groups is 2. The van der Waals surface area contributed by atoms with Gasteiger partial charge >= 0.3 is 5.97 Å². The Morgan fingerprint density at radius 3 is 2.59 bits per heavy atom. The number of ether oxygens (including phenoxy) is 1. The van der Waals surface area contributed by atoms with Crippen molar-refractivity contribution in [3.63, 3.8) is 0 Å². The van der Waals surface area contributed by atoms with E-state index in [2.05, 4.69) is 11.8 Å². The molecule has 1 aromatic rings. The molecule has 0 aromatic heterocycles. The third-order valence-corrected chi connectivity index (χ3v) is 4.65. The first kappa shape index (κ1) is 22.4. The molecule has 0 saturated heterocycles. The van der Waals surface area contributed by atoms with Crippen LogP contribution in [0.15, 0.2) is 30.4 Å². The summed E-state index contributed by atoms with van der Waals surface area (Å²) in [5, 5.41) is 39.3. The van der Waals surface area contributed by atoms with Crippen LogP contribution in [0, 0.1) is 17.8 Å². The van der Waals surface area contributed by atoms with Crippen molar-refractivity contribution >= 4 is 17.8 Å². The number of ketones is 1. The smallest absolute Gasteiger partial charge is 0.342 e. The Hall–Kier alpha value is -2.92. The largest absolute Gasteiger partial charge is 0.507 e. The van der Waals surface area contributed by atoms with Gasteiger partial charge in [-0.05, 0) is 31.6 Å². The molecule has 1 heterocycles. The molecule has 0 bridgehead atoms. The molecule has 4 N–H and O–H groups in total. The van der Waals surface area contributed by atoms with Crippen LogP contribution in [0.3, 0.4) is 0 Å². The molecule has 1 aliphatic rings. The molecule has 0 fully saturated rings. The molecule has 0 aliphatic carbocycles. The third kappa shape index (κ3) is 5.55. The maximum absolute atomic E-state index is 12.8. The van der Waals surface area contributed by atoms with E-state index in [0.717, 1.165) is 6.08 Å². The fourth-order valence-corrected chi connectivity index (χ4v) is 2.72. The van der Waals surface area contributed by atoms with Crippen molar-refractivity contribution in [2.45, 2.75) is 38.6 Å². The molecule has 1 aliphatic heterocycles. The average molecular weight is 400 g/mol. The molecule has 4 atom stereocenters. The Morgan fingerprint density at radius 1 is 1.17 bits per heavy atom. The molecule has 7 heteroatoms. The molecule has 1 aromatic carbocycles. The standard InChI is InChI=1S/C22H24O7/c1-13-8-10-19(26)21(27)18(25)7-3-6-16-15(5-4-12-23)9-11-17(24)20(16)22(28)29-14(13)2/h3,6,8-11,13-14,18,21,23-25,27H,7,12H2,1-2H3/b6-3+,10-8-/t13-,14+,18+,21+/m1/s1. The number of cyclic esters (lactones) is 1. The van der Waals surface area contributed by atoms with Crippen LogP contribution in [0.25, 0.3) is 6.08 Å². The van der Waals surface area contributed by atoms with E-state index in [1.165, 1.54) is 30.4 Å². The van der Waals surface area contributed by atoms with E-state index in [-0.39, 0.29) is 29.2 Å². The van der Waals surface area contributed by atoms with Gasteiger partial charge in [0.05, 0.1) is 6.10 Å². The number of phenolic OH excluding ortho intramolecular Hbond substituents is 1. The molecule has 0 saturated carbocycles. The summed E-state index contributed by atoms with van der Waals surface area (Å²) >= 11 is 0. The van der Waals surface area contributed by atoms with Crippen molar-refractivity contribution in [2.75, 3.05) is 6.61 Å². The molecule has 29 heavy (non-hydrogen) atoms. The van der Waals surface area contributed by atoms with E-state index >= 15 is 0 Å². The summed E-state index contributed by atoms with van der Waals surface area (Å²) in [6, 6.07) is 2.80. The van der Waals surface area contributed by atoms with Gasteiger partial charge in [-0.25, -0.2) is 4.79 Å². The highest BCUT2D eigenvalue weighted by Gasteiger charge is 2.25. The number of hydrogen-bond acceptors (Lipinski definition) is 7. The number of carbonyl (C=O) groups excluding carboxylic acids is 2. The Labute approximate surface area is 168 Å². The molecule has 0 spiro atoms. The van der Waals surface area contributed by atoms with Crippen molar-refractivity contribution in [1.82, 2.24) is 0 Å². The molecular formula is C22H24O7. The van der Waals surface area contributed by atoms with Gasteiger partial charge in [-0.3, -0.25) is 4.79 Å².